The minimum absolute atomic E-state index is 0.182. The Hall–Kier alpha value is -2.86. The van der Waals surface area contributed by atoms with E-state index >= 15 is 0 Å². The lowest BCUT2D eigenvalue weighted by Gasteiger charge is -2.10. The number of hydrogen-bond acceptors (Lipinski definition) is 5. The first-order valence-corrected chi connectivity index (χ1v) is 7.70. The fourth-order valence-electron chi connectivity index (χ4n) is 2.49. The third-order valence-corrected chi connectivity index (χ3v) is 3.65. The van der Waals surface area contributed by atoms with Gasteiger partial charge in [0.2, 0.25) is 0 Å². The largest absolute Gasteiger partial charge is 0.497 e. The van der Waals surface area contributed by atoms with Gasteiger partial charge in [-0.3, -0.25) is 0 Å². The minimum Gasteiger partial charge on any atom is -0.497 e. The average Bonchev–Trinajstić information content (AvgIpc) is 3.07. The van der Waals surface area contributed by atoms with Crippen LogP contribution in [0.25, 0.3) is 16.9 Å². The highest BCUT2D eigenvalue weighted by Gasteiger charge is 2.16. The molecule has 0 spiro atoms. The molecule has 0 atom stereocenters. The number of nitrogens with zero attached hydrogens (tertiary/aromatic N) is 3. The zero-order chi connectivity index (χ0) is 16.9. The molecule has 1 aromatic heterocycles. The molecule has 0 radical (unpaired) electrons. The SMILES string of the molecule is CCOc1ccc(-n2nnc(CO)c2-c2ccc(OC)cc2)cc1. The second-order valence-electron chi connectivity index (χ2n) is 5.11. The van der Waals surface area contributed by atoms with E-state index in [9.17, 15) is 5.11 Å². The average molecular weight is 325 g/mol. The molecule has 0 saturated carbocycles. The van der Waals surface area contributed by atoms with Crippen molar-refractivity contribution in [2.24, 2.45) is 0 Å². The molecule has 3 aromatic rings. The van der Waals surface area contributed by atoms with E-state index in [2.05, 4.69) is 10.3 Å². The van der Waals surface area contributed by atoms with Crippen molar-refractivity contribution in [1.82, 2.24) is 15.0 Å². The van der Waals surface area contributed by atoms with Crippen molar-refractivity contribution < 1.29 is 14.6 Å². The van der Waals surface area contributed by atoms with Crippen molar-refractivity contribution in [2.45, 2.75) is 13.5 Å². The summed E-state index contributed by atoms with van der Waals surface area (Å²) in [6.07, 6.45) is 0. The maximum Gasteiger partial charge on any atom is 0.119 e. The van der Waals surface area contributed by atoms with E-state index in [4.69, 9.17) is 9.47 Å². The fraction of sp³-hybridized carbons (Fsp3) is 0.222. The van der Waals surface area contributed by atoms with Crippen molar-refractivity contribution in [3.8, 4) is 28.4 Å². The Morgan fingerprint density at radius 2 is 1.67 bits per heavy atom. The number of benzene rings is 2. The molecule has 0 fully saturated rings. The molecule has 0 saturated heterocycles. The molecular weight excluding hydrogens is 306 g/mol. The van der Waals surface area contributed by atoms with Crippen LogP contribution >= 0.6 is 0 Å². The molecule has 0 amide bonds. The molecule has 24 heavy (non-hydrogen) atoms. The third-order valence-electron chi connectivity index (χ3n) is 3.65. The van der Waals surface area contributed by atoms with Crippen LogP contribution in [0.5, 0.6) is 11.5 Å². The van der Waals surface area contributed by atoms with E-state index in [0.29, 0.717) is 12.3 Å². The number of methoxy groups -OCH3 is 1. The highest BCUT2D eigenvalue weighted by atomic mass is 16.5. The molecule has 124 valence electrons. The van der Waals surface area contributed by atoms with Gasteiger partial charge in [0.1, 0.15) is 22.9 Å². The summed E-state index contributed by atoms with van der Waals surface area (Å²) in [5, 5.41) is 17.9. The number of rotatable bonds is 6. The quantitative estimate of drug-likeness (QED) is 0.755. The van der Waals surface area contributed by atoms with Crippen LogP contribution < -0.4 is 9.47 Å². The Balaban J connectivity index is 2.03. The minimum atomic E-state index is -0.182. The van der Waals surface area contributed by atoms with Crippen LogP contribution in [-0.2, 0) is 6.61 Å². The van der Waals surface area contributed by atoms with Crippen LogP contribution in [0.4, 0.5) is 0 Å². The Morgan fingerprint density at radius 3 is 2.25 bits per heavy atom. The van der Waals surface area contributed by atoms with Crippen molar-refractivity contribution in [1.29, 1.82) is 0 Å². The van der Waals surface area contributed by atoms with Gasteiger partial charge in [-0.25, -0.2) is 4.68 Å². The molecule has 0 aliphatic rings. The molecule has 2 aromatic carbocycles. The smallest absolute Gasteiger partial charge is 0.119 e. The predicted octanol–water partition coefficient (Wildman–Crippen LogP) is 2.83. The summed E-state index contributed by atoms with van der Waals surface area (Å²) in [5.41, 5.74) is 3.02. The van der Waals surface area contributed by atoms with Crippen LogP contribution in [-0.4, -0.2) is 33.8 Å². The first-order valence-electron chi connectivity index (χ1n) is 7.70. The molecule has 3 rings (SSSR count). The summed E-state index contributed by atoms with van der Waals surface area (Å²) in [5.74, 6) is 1.57. The van der Waals surface area contributed by atoms with E-state index in [-0.39, 0.29) is 6.61 Å². The third kappa shape index (κ3) is 3.09. The van der Waals surface area contributed by atoms with Crippen LogP contribution in [0.15, 0.2) is 48.5 Å². The first-order chi connectivity index (χ1) is 11.8. The highest BCUT2D eigenvalue weighted by Crippen LogP contribution is 2.27. The molecule has 0 bridgehead atoms. The molecular formula is C18H19N3O3. The molecule has 6 heteroatoms. The van der Waals surface area contributed by atoms with Gasteiger partial charge in [0.15, 0.2) is 0 Å². The van der Waals surface area contributed by atoms with Crippen LogP contribution in [0, 0.1) is 0 Å². The van der Waals surface area contributed by atoms with Gasteiger partial charge in [-0.05, 0) is 55.5 Å². The number of ether oxygens (including phenoxy) is 2. The van der Waals surface area contributed by atoms with Crippen molar-refractivity contribution in [3.05, 3.63) is 54.2 Å². The lowest BCUT2D eigenvalue weighted by Crippen LogP contribution is -2.01. The second-order valence-corrected chi connectivity index (χ2v) is 5.11. The maximum atomic E-state index is 9.59. The second kappa shape index (κ2) is 7.14. The van der Waals surface area contributed by atoms with Crippen LogP contribution in [0.2, 0.25) is 0 Å². The Labute approximate surface area is 140 Å². The Morgan fingerprint density at radius 1 is 1.00 bits per heavy atom. The molecule has 1 N–H and O–H groups in total. The Kier molecular flexibility index (Phi) is 4.77. The van der Waals surface area contributed by atoms with Crippen molar-refractivity contribution in [2.75, 3.05) is 13.7 Å². The molecule has 0 unspecified atom stereocenters. The van der Waals surface area contributed by atoms with Gasteiger partial charge in [-0.1, -0.05) is 5.21 Å². The zero-order valence-electron chi connectivity index (χ0n) is 13.6. The van der Waals surface area contributed by atoms with E-state index in [1.165, 1.54) is 0 Å². The summed E-state index contributed by atoms with van der Waals surface area (Å²) < 4.78 is 12.4. The van der Waals surface area contributed by atoms with E-state index in [1.807, 2.05) is 55.5 Å². The number of aromatic nitrogens is 3. The van der Waals surface area contributed by atoms with Gasteiger partial charge in [0.05, 0.1) is 26.0 Å². The number of aliphatic hydroxyl groups is 1. The zero-order valence-corrected chi connectivity index (χ0v) is 13.6. The molecule has 1 heterocycles. The summed E-state index contributed by atoms with van der Waals surface area (Å²) in [6.45, 7) is 2.38. The van der Waals surface area contributed by atoms with Crippen LogP contribution in [0.1, 0.15) is 12.6 Å². The fourth-order valence-corrected chi connectivity index (χ4v) is 2.49. The lowest BCUT2D eigenvalue weighted by molar-refractivity contribution is 0.277. The number of hydrogen-bond donors (Lipinski definition) is 1. The molecule has 6 nitrogen and oxygen atoms in total. The molecule has 0 aliphatic carbocycles. The summed E-state index contributed by atoms with van der Waals surface area (Å²) in [6, 6.07) is 15.2. The molecule has 0 aliphatic heterocycles. The van der Waals surface area contributed by atoms with Crippen LogP contribution in [0.3, 0.4) is 0 Å². The Bertz CT molecular complexity index is 795. The highest BCUT2D eigenvalue weighted by molar-refractivity contribution is 5.65. The van der Waals surface area contributed by atoms with Gasteiger partial charge in [-0.2, -0.15) is 0 Å². The van der Waals surface area contributed by atoms with Gasteiger partial charge in [0.25, 0.3) is 0 Å². The van der Waals surface area contributed by atoms with Gasteiger partial charge in [0, 0.05) is 5.56 Å². The van der Waals surface area contributed by atoms with E-state index < -0.39 is 0 Å². The van der Waals surface area contributed by atoms with Gasteiger partial charge in [-0.15, -0.1) is 5.10 Å². The predicted molar refractivity (Wildman–Crippen MR) is 90.4 cm³/mol. The first kappa shape index (κ1) is 16.0. The monoisotopic (exact) mass is 325 g/mol. The topological polar surface area (TPSA) is 69.4 Å². The number of aliphatic hydroxyl groups excluding tert-OH is 1. The van der Waals surface area contributed by atoms with Crippen molar-refractivity contribution >= 4 is 0 Å². The van der Waals surface area contributed by atoms with E-state index in [0.717, 1.165) is 28.4 Å². The standard InChI is InChI=1S/C18H19N3O3/c1-3-24-16-10-6-14(7-11-16)21-18(17(12-22)19-20-21)13-4-8-15(23-2)9-5-13/h4-11,22H,3,12H2,1-2H3. The normalized spacial score (nSPS) is 10.6. The summed E-state index contributed by atoms with van der Waals surface area (Å²) in [4.78, 5) is 0. The van der Waals surface area contributed by atoms with Gasteiger partial charge < -0.3 is 14.6 Å². The maximum absolute atomic E-state index is 9.59. The van der Waals surface area contributed by atoms with Gasteiger partial charge >= 0.3 is 0 Å². The van der Waals surface area contributed by atoms with Crippen molar-refractivity contribution in [3.63, 3.8) is 0 Å². The lowest BCUT2D eigenvalue weighted by atomic mass is 10.1. The summed E-state index contributed by atoms with van der Waals surface area (Å²) >= 11 is 0. The summed E-state index contributed by atoms with van der Waals surface area (Å²) in [7, 11) is 1.62. The van der Waals surface area contributed by atoms with E-state index in [1.54, 1.807) is 11.8 Å².